The zero-order valence-electron chi connectivity index (χ0n) is 5.51. The number of rotatable bonds is 1. The van der Waals surface area contributed by atoms with Crippen molar-refractivity contribution in [2.45, 2.75) is 31.5 Å². The standard InChI is InChI=1S/C6H14N2O/c7-6(9)5-3-1-2-4-8-5/h5-6,8-9H,1-4,7H2. The number of hydrogen-bond donors (Lipinski definition) is 3. The summed E-state index contributed by atoms with van der Waals surface area (Å²) in [6, 6.07) is 0.138. The predicted molar refractivity (Wildman–Crippen MR) is 35.8 cm³/mol. The second kappa shape index (κ2) is 3.15. The second-order valence-corrected chi connectivity index (χ2v) is 2.55. The van der Waals surface area contributed by atoms with E-state index in [0.717, 1.165) is 13.0 Å². The molecule has 0 aromatic rings. The Kier molecular flexibility index (Phi) is 2.45. The Hall–Kier alpha value is -0.120. The molecule has 0 amide bonds. The first-order valence-electron chi connectivity index (χ1n) is 3.48. The summed E-state index contributed by atoms with van der Waals surface area (Å²) in [6.45, 7) is 0.999. The first kappa shape index (κ1) is 6.99. The molecule has 0 aliphatic carbocycles. The molecule has 1 saturated heterocycles. The Morgan fingerprint density at radius 2 is 2.33 bits per heavy atom. The van der Waals surface area contributed by atoms with Crippen LogP contribution in [0.1, 0.15) is 19.3 Å². The van der Waals surface area contributed by atoms with Crippen molar-refractivity contribution in [3.05, 3.63) is 0 Å². The lowest BCUT2D eigenvalue weighted by molar-refractivity contribution is 0.119. The summed E-state index contributed by atoms with van der Waals surface area (Å²) in [6.07, 6.45) is 2.73. The van der Waals surface area contributed by atoms with Crippen LogP contribution in [0.25, 0.3) is 0 Å². The summed E-state index contributed by atoms with van der Waals surface area (Å²) in [5.74, 6) is 0. The average molecular weight is 130 g/mol. The van der Waals surface area contributed by atoms with Crippen molar-refractivity contribution in [3.8, 4) is 0 Å². The molecule has 54 valence electrons. The van der Waals surface area contributed by atoms with Crippen LogP contribution in [0.3, 0.4) is 0 Å². The van der Waals surface area contributed by atoms with Gasteiger partial charge in [0, 0.05) is 6.04 Å². The Balaban J connectivity index is 2.23. The molecule has 1 rings (SSSR count). The number of aliphatic hydroxyl groups is 1. The summed E-state index contributed by atoms with van der Waals surface area (Å²) >= 11 is 0. The van der Waals surface area contributed by atoms with Gasteiger partial charge in [-0.1, -0.05) is 6.42 Å². The Bertz CT molecular complexity index is 79.1. The van der Waals surface area contributed by atoms with Crippen molar-refractivity contribution in [3.63, 3.8) is 0 Å². The molecule has 1 heterocycles. The molecule has 2 atom stereocenters. The van der Waals surface area contributed by atoms with Crippen LogP contribution in [0.15, 0.2) is 0 Å². The van der Waals surface area contributed by atoms with Gasteiger partial charge in [0.2, 0.25) is 0 Å². The minimum Gasteiger partial charge on any atom is -0.377 e. The van der Waals surface area contributed by atoms with Gasteiger partial charge in [-0.25, -0.2) is 0 Å². The molecule has 0 saturated carbocycles. The molecule has 1 fully saturated rings. The Labute approximate surface area is 55.2 Å². The number of nitrogens with one attached hydrogen (secondary N) is 1. The normalized spacial score (nSPS) is 32.0. The molecule has 0 aromatic heterocycles. The van der Waals surface area contributed by atoms with E-state index in [-0.39, 0.29) is 6.04 Å². The summed E-state index contributed by atoms with van der Waals surface area (Å²) < 4.78 is 0. The van der Waals surface area contributed by atoms with Crippen LogP contribution in [0.5, 0.6) is 0 Å². The van der Waals surface area contributed by atoms with E-state index in [1.54, 1.807) is 0 Å². The summed E-state index contributed by atoms with van der Waals surface area (Å²) in [7, 11) is 0. The first-order valence-corrected chi connectivity index (χ1v) is 3.48. The van der Waals surface area contributed by atoms with E-state index >= 15 is 0 Å². The predicted octanol–water partition coefficient (Wildman–Crippen LogP) is -0.594. The number of piperidine rings is 1. The van der Waals surface area contributed by atoms with Crippen LogP contribution in [0, 0.1) is 0 Å². The third kappa shape index (κ3) is 1.93. The number of nitrogens with two attached hydrogens (primary N) is 1. The van der Waals surface area contributed by atoms with Crippen molar-refractivity contribution >= 4 is 0 Å². The van der Waals surface area contributed by atoms with Crippen LogP contribution in [0.4, 0.5) is 0 Å². The fraction of sp³-hybridized carbons (Fsp3) is 1.00. The third-order valence-electron chi connectivity index (χ3n) is 1.76. The number of hydrogen-bond acceptors (Lipinski definition) is 3. The van der Waals surface area contributed by atoms with Crippen LogP contribution >= 0.6 is 0 Å². The largest absolute Gasteiger partial charge is 0.377 e. The molecule has 1 aliphatic rings. The van der Waals surface area contributed by atoms with Crippen LogP contribution in [0.2, 0.25) is 0 Å². The van der Waals surface area contributed by atoms with E-state index in [9.17, 15) is 0 Å². The van der Waals surface area contributed by atoms with Gasteiger partial charge in [-0.15, -0.1) is 0 Å². The highest BCUT2D eigenvalue weighted by molar-refractivity contribution is 4.75. The van der Waals surface area contributed by atoms with Gasteiger partial charge in [-0.3, -0.25) is 0 Å². The molecule has 4 N–H and O–H groups in total. The van der Waals surface area contributed by atoms with Gasteiger partial charge in [-0.2, -0.15) is 0 Å². The fourth-order valence-electron chi connectivity index (χ4n) is 1.17. The van der Waals surface area contributed by atoms with Gasteiger partial charge in [-0.05, 0) is 19.4 Å². The maximum absolute atomic E-state index is 8.89. The molecule has 1 aliphatic heterocycles. The molecular weight excluding hydrogens is 116 g/mol. The van der Waals surface area contributed by atoms with Gasteiger partial charge >= 0.3 is 0 Å². The van der Waals surface area contributed by atoms with Gasteiger partial charge in [0.15, 0.2) is 0 Å². The lowest BCUT2D eigenvalue weighted by Crippen LogP contribution is -2.47. The van der Waals surface area contributed by atoms with E-state index in [0.29, 0.717) is 0 Å². The second-order valence-electron chi connectivity index (χ2n) is 2.55. The third-order valence-corrected chi connectivity index (χ3v) is 1.76. The van der Waals surface area contributed by atoms with Crippen molar-refractivity contribution in [1.29, 1.82) is 0 Å². The minimum atomic E-state index is -0.676. The van der Waals surface area contributed by atoms with E-state index in [2.05, 4.69) is 5.32 Å². The van der Waals surface area contributed by atoms with E-state index in [4.69, 9.17) is 10.8 Å². The topological polar surface area (TPSA) is 58.3 Å². The highest BCUT2D eigenvalue weighted by atomic mass is 16.3. The Morgan fingerprint density at radius 1 is 1.56 bits per heavy atom. The van der Waals surface area contributed by atoms with E-state index < -0.39 is 6.23 Å². The fourth-order valence-corrected chi connectivity index (χ4v) is 1.17. The molecule has 0 aromatic carbocycles. The van der Waals surface area contributed by atoms with Crippen molar-refractivity contribution in [2.24, 2.45) is 5.73 Å². The molecule has 3 heteroatoms. The minimum absolute atomic E-state index is 0.138. The average Bonchev–Trinajstić information content (AvgIpc) is 1.90. The SMILES string of the molecule is NC(O)C1CCCCN1. The summed E-state index contributed by atoms with van der Waals surface area (Å²) in [4.78, 5) is 0. The van der Waals surface area contributed by atoms with Crippen molar-refractivity contribution in [2.75, 3.05) is 6.54 Å². The van der Waals surface area contributed by atoms with Crippen LogP contribution in [-0.2, 0) is 0 Å². The first-order chi connectivity index (χ1) is 4.30. The summed E-state index contributed by atoms with van der Waals surface area (Å²) in [5, 5.41) is 12.0. The highest BCUT2D eigenvalue weighted by Crippen LogP contribution is 2.07. The maximum atomic E-state index is 8.89. The summed E-state index contributed by atoms with van der Waals surface area (Å²) in [5.41, 5.74) is 5.26. The van der Waals surface area contributed by atoms with Crippen LogP contribution < -0.4 is 11.1 Å². The highest BCUT2D eigenvalue weighted by Gasteiger charge is 2.16. The van der Waals surface area contributed by atoms with Crippen molar-refractivity contribution < 1.29 is 5.11 Å². The maximum Gasteiger partial charge on any atom is 0.117 e. The number of aliphatic hydroxyl groups excluding tert-OH is 1. The van der Waals surface area contributed by atoms with Crippen LogP contribution in [-0.4, -0.2) is 23.9 Å². The molecule has 9 heavy (non-hydrogen) atoms. The van der Waals surface area contributed by atoms with Gasteiger partial charge in [0.25, 0.3) is 0 Å². The van der Waals surface area contributed by atoms with Gasteiger partial charge < -0.3 is 16.2 Å². The molecule has 2 unspecified atom stereocenters. The smallest absolute Gasteiger partial charge is 0.117 e. The zero-order chi connectivity index (χ0) is 6.69. The molecular formula is C6H14N2O. The van der Waals surface area contributed by atoms with Crippen molar-refractivity contribution in [1.82, 2.24) is 5.32 Å². The molecule has 3 nitrogen and oxygen atoms in total. The lowest BCUT2D eigenvalue weighted by Gasteiger charge is -2.25. The van der Waals surface area contributed by atoms with E-state index in [1.807, 2.05) is 0 Å². The molecule has 0 radical (unpaired) electrons. The molecule has 0 bridgehead atoms. The van der Waals surface area contributed by atoms with Gasteiger partial charge in [0.1, 0.15) is 6.23 Å². The lowest BCUT2D eigenvalue weighted by atomic mass is 10.0. The zero-order valence-corrected chi connectivity index (χ0v) is 5.51. The Morgan fingerprint density at radius 3 is 2.67 bits per heavy atom. The van der Waals surface area contributed by atoms with E-state index in [1.165, 1.54) is 12.8 Å². The molecule has 0 spiro atoms. The monoisotopic (exact) mass is 130 g/mol. The van der Waals surface area contributed by atoms with Gasteiger partial charge in [0.05, 0.1) is 0 Å². The quantitative estimate of drug-likeness (QED) is 0.416.